The second kappa shape index (κ2) is 4.03. The minimum Gasteiger partial charge on any atom is -0.250 e. The van der Waals surface area contributed by atoms with Crippen molar-refractivity contribution in [3.63, 3.8) is 0 Å². The van der Waals surface area contributed by atoms with E-state index in [2.05, 4.69) is 4.98 Å². The third-order valence-electron chi connectivity index (χ3n) is 1.40. The highest BCUT2D eigenvalue weighted by molar-refractivity contribution is 14.1. The molecule has 0 atom stereocenters. The zero-order valence-corrected chi connectivity index (χ0v) is 9.59. The minimum atomic E-state index is -4.13. The standard InChI is InChI=1S/C6H5F2IN2O2S/c7-6(8)3-2-11-5(9)1-4(3)14(10,12)13/h1-2,6H,(H2,10,12,13). The molecule has 1 aromatic rings. The summed E-state index contributed by atoms with van der Waals surface area (Å²) in [6.45, 7) is 0. The molecule has 0 bridgehead atoms. The van der Waals surface area contributed by atoms with Crippen molar-refractivity contribution in [1.82, 2.24) is 4.98 Å². The van der Waals surface area contributed by atoms with Crippen LogP contribution in [0.15, 0.2) is 17.2 Å². The molecule has 0 spiro atoms. The maximum Gasteiger partial charge on any atom is 0.266 e. The van der Waals surface area contributed by atoms with E-state index in [1.807, 2.05) is 0 Å². The number of nitrogens with zero attached hydrogens (tertiary/aromatic N) is 1. The summed E-state index contributed by atoms with van der Waals surface area (Å²) in [6, 6.07) is 1.01. The molecule has 4 nitrogen and oxygen atoms in total. The van der Waals surface area contributed by atoms with Gasteiger partial charge < -0.3 is 0 Å². The molecule has 0 saturated carbocycles. The van der Waals surface area contributed by atoms with E-state index in [0.29, 0.717) is 0 Å². The van der Waals surface area contributed by atoms with Crippen LogP contribution >= 0.6 is 22.6 Å². The van der Waals surface area contributed by atoms with E-state index in [9.17, 15) is 17.2 Å². The van der Waals surface area contributed by atoms with Crippen LogP contribution in [-0.2, 0) is 10.0 Å². The lowest BCUT2D eigenvalue weighted by Crippen LogP contribution is -2.15. The van der Waals surface area contributed by atoms with Gasteiger partial charge in [-0.2, -0.15) is 0 Å². The zero-order valence-electron chi connectivity index (χ0n) is 6.62. The lowest BCUT2D eigenvalue weighted by molar-refractivity contribution is 0.147. The number of hydrogen-bond donors (Lipinski definition) is 1. The topological polar surface area (TPSA) is 73.1 Å². The SMILES string of the molecule is NS(=O)(=O)c1cc(I)ncc1C(F)F. The highest BCUT2D eigenvalue weighted by atomic mass is 127. The van der Waals surface area contributed by atoms with Gasteiger partial charge in [-0.15, -0.1) is 0 Å². The molecular weight excluding hydrogens is 329 g/mol. The fraction of sp³-hybridized carbons (Fsp3) is 0.167. The Labute approximate surface area is 92.7 Å². The molecule has 0 unspecified atom stereocenters. The van der Waals surface area contributed by atoms with Crippen LogP contribution in [0, 0.1) is 3.70 Å². The predicted octanol–water partition coefficient (Wildman–Crippen LogP) is 1.27. The molecule has 1 heterocycles. The van der Waals surface area contributed by atoms with Crippen LogP contribution in [-0.4, -0.2) is 13.4 Å². The van der Waals surface area contributed by atoms with Crippen LogP contribution in [0.4, 0.5) is 8.78 Å². The lowest BCUT2D eigenvalue weighted by atomic mass is 10.3. The molecule has 0 aliphatic carbocycles. The second-order valence-electron chi connectivity index (χ2n) is 2.39. The summed E-state index contributed by atoms with van der Waals surface area (Å²) in [5, 5.41) is 4.77. The van der Waals surface area contributed by atoms with Gasteiger partial charge in [-0.05, 0) is 28.7 Å². The van der Waals surface area contributed by atoms with Crippen LogP contribution in [0.25, 0.3) is 0 Å². The second-order valence-corrected chi connectivity index (χ2v) is 5.03. The van der Waals surface area contributed by atoms with Crippen molar-refractivity contribution in [3.05, 3.63) is 21.5 Å². The third-order valence-corrected chi connectivity index (χ3v) is 2.96. The number of pyridine rings is 1. The molecule has 1 aromatic heterocycles. The van der Waals surface area contributed by atoms with E-state index in [1.165, 1.54) is 0 Å². The van der Waals surface area contributed by atoms with Gasteiger partial charge in [0.1, 0.15) is 3.70 Å². The molecule has 0 saturated heterocycles. The van der Waals surface area contributed by atoms with E-state index >= 15 is 0 Å². The van der Waals surface area contributed by atoms with E-state index in [-0.39, 0.29) is 3.70 Å². The number of primary sulfonamides is 1. The first-order valence-electron chi connectivity index (χ1n) is 3.29. The van der Waals surface area contributed by atoms with Gasteiger partial charge in [0.2, 0.25) is 10.0 Å². The quantitative estimate of drug-likeness (QED) is 0.654. The summed E-state index contributed by atoms with van der Waals surface area (Å²) in [7, 11) is -4.13. The summed E-state index contributed by atoms with van der Waals surface area (Å²) in [5.74, 6) is 0. The first-order valence-corrected chi connectivity index (χ1v) is 5.91. The first kappa shape index (κ1) is 11.7. The Morgan fingerprint density at radius 2 is 2.07 bits per heavy atom. The molecule has 0 aliphatic heterocycles. The van der Waals surface area contributed by atoms with Gasteiger partial charge in [-0.25, -0.2) is 27.3 Å². The van der Waals surface area contributed by atoms with Crippen molar-refractivity contribution >= 4 is 32.6 Å². The van der Waals surface area contributed by atoms with Crippen molar-refractivity contribution < 1.29 is 17.2 Å². The summed E-state index contributed by atoms with van der Waals surface area (Å²) < 4.78 is 46.8. The van der Waals surface area contributed by atoms with Gasteiger partial charge >= 0.3 is 0 Å². The largest absolute Gasteiger partial charge is 0.266 e. The fourth-order valence-corrected chi connectivity index (χ4v) is 2.24. The Balaban J connectivity index is 3.46. The van der Waals surface area contributed by atoms with Gasteiger partial charge in [0.15, 0.2) is 0 Å². The Hall–Kier alpha value is -0.350. The first-order chi connectivity index (χ1) is 6.32. The van der Waals surface area contributed by atoms with Crippen molar-refractivity contribution in [2.75, 3.05) is 0 Å². The van der Waals surface area contributed by atoms with Crippen molar-refractivity contribution in [2.24, 2.45) is 5.14 Å². The number of hydrogen-bond acceptors (Lipinski definition) is 3. The summed E-state index contributed by atoms with van der Waals surface area (Å²) in [6.07, 6.45) is -2.10. The molecule has 78 valence electrons. The molecule has 14 heavy (non-hydrogen) atoms. The minimum absolute atomic E-state index is 0.288. The number of rotatable bonds is 2. The molecule has 1 rings (SSSR count). The van der Waals surface area contributed by atoms with Gasteiger partial charge in [-0.1, -0.05) is 0 Å². The van der Waals surface area contributed by atoms with Crippen LogP contribution < -0.4 is 5.14 Å². The van der Waals surface area contributed by atoms with E-state index in [1.54, 1.807) is 22.6 Å². The van der Waals surface area contributed by atoms with Crippen LogP contribution in [0.1, 0.15) is 12.0 Å². The van der Waals surface area contributed by atoms with Crippen LogP contribution in [0.3, 0.4) is 0 Å². The zero-order chi connectivity index (χ0) is 10.9. The Kier molecular flexibility index (Phi) is 3.37. The van der Waals surface area contributed by atoms with E-state index in [0.717, 1.165) is 12.3 Å². The predicted molar refractivity (Wildman–Crippen MR) is 53.3 cm³/mol. The maximum absolute atomic E-state index is 12.3. The van der Waals surface area contributed by atoms with Crippen molar-refractivity contribution in [1.29, 1.82) is 0 Å². The number of aromatic nitrogens is 1. The summed E-state index contributed by atoms with van der Waals surface area (Å²) in [5.41, 5.74) is -0.673. The fourth-order valence-electron chi connectivity index (χ4n) is 0.834. The lowest BCUT2D eigenvalue weighted by Gasteiger charge is -2.05. The van der Waals surface area contributed by atoms with Crippen molar-refractivity contribution in [3.8, 4) is 0 Å². The molecule has 0 radical (unpaired) electrons. The summed E-state index contributed by atoms with van der Waals surface area (Å²) >= 11 is 1.71. The average Bonchev–Trinajstić information content (AvgIpc) is 2.01. The Morgan fingerprint density at radius 3 is 2.50 bits per heavy atom. The van der Waals surface area contributed by atoms with E-state index < -0.39 is 26.9 Å². The molecule has 0 aromatic carbocycles. The van der Waals surface area contributed by atoms with Gasteiger partial charge in [0.05, 0.1) is 10.5 Å². The third kappa shape index (κ3) is 2.58. The van der Waals surface area contributed by atoms with E-state index in [4.69, 9.17) is 5.14 Å². The molecule has 0 fully saturated rings. The molecule has 8 heteroatoms. The highest BCUT2D eigenvalue weighted by Crippen LogP contribution is 2.25. The van der Waals surface area contributed by atoms with Gasteiger partial charge in [0, 0.05) is 6.20 Å². The summed E-state index contributed by atoms with van der Waals surface area (Å²) in [4.78, 5) is 2.98. The van der Waals surface area contributed by atoms with Crippen LogP contribution in [0.5, 0.6) is 0 Å². The normalized spacial score (nSPS) is 12.1. The van der Waals surface area contributed by atoms with Crippen molar-refractivity contribution in [2.45, 2.75) is 11.3 Å². The Morgan fingerprint density at radius 1 is 1.50 bits per heavy atom. The number of halogens is 3. The molecule has 2 N–H and O–H groups in total. The van der Waals surface area contributed by atoms with Gasteiger partial charge in [0.25, 0.3) is 6.43 Å². The maximum atomic E-state index is 12.3. The number of nitrogens with two attached hydrogens (primary N) is 1. The monoisotopic (exact) mass is 334 g/mol. The molecule has 0 aliphatic rings. The number of sulfonamides is 1. The molecular formula is C6H5F2IN2O2S. The highest BCUT2D eigenvalue weighted by Gasteiger charge is 2.21. The van der Waals surface area contributed by atoms with Gasteiger partial charge in [-0.3, -0.25) is 0 Å². The number of alkyl halides is 2. The smallest absolute Gasteiger partial charge is 0.250 e. The van der Waals surface area contributed by atoms with Crippen LogP contribution in [0.2, 0.25) is 0 Å². The average molecular weight is 334 g/mol. The Bertz CT molecular complexity index is 449. The molecule has 0 amide bonds.